The van der Waals surface area contributed by atoms with Crippen LogP contribution in [0.15, 0.2) is 46.6 Å². The van der Waals surface area contributed by atoms with Crippen molar-refractivity contribution >= 4 is 15.6 Å². The zero-order valence-electron chi connectivity index (χ0n) is 30.6. The van der Waals surface area contributed by atoms with Crippen LogP contribution in [0.3, 0.4) is 0 Å². The van der Waals surface area contributed by atoms with Gasteiger partial charge < -0.3 is 14.7 Å². The SMILES string of the molecule is CC(C)(C)C1=C(C(OP(=O)(O)OP(=O)(O)O)(C2=C(C(C)(C)C)CC(C)(C(C)(C)C)C=C2)C(C)(C)C)C=CC(C)(C(C)(C)C)C1. The topological polar surface area (TPSA) is 113 Å². The zero-order valence-corrected chi connectivity index (χ0v) is 32.4. The molecular formula is C35H62O7P2. The summed E-state index contributed by atoms with van der Waals surface area (Å²) in [6.07, 6.45) is 9.77. The maximum absolute atomic E-state index is 13.8. The van der Waals surface area contributed by atoms with E-state index in [0.29, 0.717) is 12.8 Å². The average molecular weight is 657 g/mol. The van der Waals surface area contributed by atoms with E-state index in [1.165, 1.54) is 0 Å². The van der Waals surface area contributed by atoms with Gasteiger partial charge in [0.25, 0.3) is 0 Å². The van der Waals surface area contributed by atoms with Crippen molar-refractivity contribution in [3.8, 4) is 0 Å². The first-order valence-electron chi connectivity index (χ1n) is 15.7. The largest absolute Gasteiger partial charge is 0.482 e. The third-order valence-electron chi connectivity index (χ3n) is 10.5. The highest BCUT2D eigenvalue weighted by molar-refractivity contribution is 7.60. The highest BCUT2D eigenvalue weighted by atomic mass is 31.3. The summed E-state index contributed by atoms with van der Waals surface area (Å²) in [7, 11) is -10.7. The Bertz CT molecular complexity index is 1270. The first-order chi connectivity index (χ1) is 19.0. The molecule has 7 nitrogen and oxygen atoms in total. The van der Waals surface area contributed by atoms with E-state index in [2.05, 4.69) is 113 Å². The van der Waals surface area contributed by atoms with E-state index in [9.17, 15) is 23.8 Å². The quantitative estimate of drug-likeness (QED) is 0.244. The molecule has 0 aliphatic heterocycles. The molecule has 0 saturated heterocycles. The summed E-state index contributed by atoms with van der Waals surface area (Å²) >= 11 is 0. The predicted molar refractivity (Wildman–Crippen MR) is 182 cm³/mol. The molecule has 254 valence electrons. The summed E-state index contributed by atoms with van der Waals surface area (Å²) in [4.78, 5) is 30.5. The van der Waals surface area contributed by atoms with Gasteiger partial charge in [0, 0.05) is 5.41 Å². The van der Waals surface area contributed by atoms with E-state index < -0.39 is 26.7 Å². The van der Waals surface area contributed by atoms with Crippen LogP contribution in [0, 0.1) is 37.9 Å². The highest BCUT2D eigenvalue weighted by Gasteiger charge is 2.58. The van der Waals surface area contributed by atoms with Crippen LogP contribution in [-0.2, 0) is 18.0 Å². The zero-order chi connectivity index (χ0) is 35.0. The van der Waals surface area contributed by atoms with Crippen molar-refractivity contribution in [1.29, 1.82) is 0 Å². The van der Waals surface area contributed by atoms with Crippen LogP contribution >= 0.6 is 15.6 Å². The van der Waals surface area contributed by atoms with Gasteiger partial charge >= 0.3 is 15.6 Å². The van der Waals surface area contributed by atoms with Gasteiger partial charge in [-0.1, -0.05) is 153 Å². The number of phosphoric ester groups is 1. The van der Waals surface area contributed by atoms with Gasteiger partial charge in [0.05, 0.1) is 0 Å². The minimum absolute atomic E-state index is 0.0956. The van der Waals surface area contributed by atoms with Gasteiger partial charge in [-0.05, 0) is 56.5 Å². The third kappa shape index (κ3) is 7.84. The minimum Gasteiger partial charge on any atom is -0.302 e. The lowest BCUT2D eigenvalue weighted by Crippen LogP contribution is -2.52. The van der Waals surface area contributed by atoms with Gasteiger partial charge in [0.2, 0.25) is 0 Å². The fourth-order valence-electron chi connectivity index (χ4n) is 6.32. The first-order valence-corrected chi connectivity index (χ1v) is 18.7. The molecule has 0 bridgehead atoms. The van der Waals surface area contributed by atoms with Crippen molar-refractivity contribution < 1.29 is 32.6 Å². The van der Waals surface area contributed by atoms with Crippen LogP contribution in [0.2, 0.25) is 0 Å². The number of rotatable bonds is 6. The fraction of sp³-hybridized carbons (Fsp3) is 0.771. The van der Waals surface area contributed by atoms with E-state index in [0.717, 1.165) is 22.3 Å². The number of hydrogen-bond donors (Lipinski definition) is 3. The number of hydrogen-bond acceptors (Lipinski definition) is 4. The molecule has 2 aliphatic rings. The van der Waals surface area contributed by atoms with Gasteiger partial charge in [-0.25, -0.2) is 9.13 Å². The minimum atomic E-state index is -5.39. The molecule has 2 rings (SSSR count). The molecule has 0 fully saturated rings. The third-order valence-corrected chi connectivity index (χ3v) is 12.7. The van der Waals surface area contributed by atoms with Crippen molar-refractivity contribution in [2.24, 2.45) is 37.9 Å². The Kier molecular flexibility index (Phi) is 10.2. The van der Waals surface area contributed by atoms with Crippen LogP contribution in [0.25, 0.3) is 0 Å². The summed E-state index contributed by atoms with van der Waals surface area (Å²) < 4.78 is 36.7. The summed E-state index contributed by atoms with van der Waals surface area (Å²) in [6, 6.07) is 0. The lowest BCUT2D eigenvalue weighted by Gasteiger charge is -2.55. The smallest absolute Gasteiger partial charge is 0.302 e. The van der Waals surface area contributed by atoms with Gasteiger partial charge in [-0.15, -0.1) is 0 Å². The Labute approximate surface area is 268 Å². The second-order valence-corrected chi connectivity index (χ2v) is 21.5. The van der Waals surface area contributed by atoms with Crippen molar-refractivity contribution in [2.45, 2.75) is 136 Å². The van der Waals surface area contributed by atoms with E-state index in [1.54, 1.807) is 0 Å². The van der Waals surface area contributed by atoms with E-state index in [4.69, 9.17) is 4.52 Å². The number of phosphoric acid groups is 2. The molecule has 44 heavy (non-hydrogen) atoms. The molecule has 0 amide bonds. The summed E-state index contributed by atoms with van der Waals surface area (Å²) in [5.74, 6) is 0. The van der Waals surface area contributed by atoms with Crippen molar-refractivity contribution in [3.05, 3.63) is 46.6 Å². The Morgan fingerprint density at radius 1 is 0.636 bits per heavy atom. The maximum Gasteiger partial charge on any atom is 0.482 e. The van der Waals surface area contributed by atoms with E-state index in [1.807, 2.05) is 32.9 Å². The molecule has 3 N–H and O–H groups in total. The van der Waals surface area contributed by atoms with Crippen LogP contribution in [0.4, 0.5) is 0 Å². The maximum atomic E-state index is 13.8. The molecule has 3 unspecified atom stereocenters. The van der Waals surface area contributed by atoms with Crippen molar-refractivity contribution in [3.63, 3.8) is 0 Å². The van der Waals surface area contributed by atoms with Crippen LogP contribution < -0.4 is 0 Å². The Morgan fingerprint density at radius 2 is 0.955 bits per heavy atom. The van der Waals surface area contributed by atoms with Crippen molar-refractivity contribution in [1.82, 2.24) is 0 Å². The summed E-state index contributed by atoms with van der Waals surface area (Å²) in [5, 5.41) is 0. The van der Waals surface area contributed by atoms with Gasteiger partial charge in [-0.3, -0.25) is 4.52 Å². The number of allylic oxidation sites excluding steroid dienone is 4. The standard InChI is InChI=1S/C35H62O7P2/c1-28(2,3)26-22-33(16,30(7,8)9)20-18-24(26)35(32(13,14)15,41-44(39,40)42-43(36,37)38)25-19-21-34(17,31(10,11)12)23-27(25)29(4,5)6/h18-21H,22-23H2,1-17H3,(H,39,40)(H2,36,37,38). The molecule has 0 heterocycles. The van der Waals surface area contributed by atoms with Crippen LogP contribution in [0.1, 0.15) is 131 Å². The molecule has 0 aromatic carbocycles. The Morgan fingerprint density at radius 3 is 1.18 bits per heavy atom. The summed E-state index contributed by atoms with van der Waals surface area (Å²) in [6.45, 7) is 36.4. The second-order valence-electron chi connectivity index (χ2n) is 18.7. The van der Waals surface area contributed by atoms with Gasteiger partial charge in [-0.2, -0.15) is 4.31 Å². The predicted octanol–water partition coefficient (Wildman–Crippen LogP) is 10.7. The monoisotopic (exact) mass is 656 g/mol. The van der Waals surface area contributed by atoms with E-state index >= 15 is 0 Å². The summed E-state index contributed by atoms with van der Waals surface area (Å²) in [5.41, 5.74) is -0.359. The average Bonchev–Trinajstić information content (AvgIpc) is 2.72. The first kappa shape index (κ1) is 39.4. The van der Waals surface area contributed by atoms with Crippen LogP contribution in [-0.4, -0.2) is 20.3 Å². The molecule has 0 aromatic heterocycles. The molecule has 0 spiro atoms. The molecular weight excluding hydrogens is 594 g/mol. The second kappa shape index (κ2) is 11.4. The lowest BCUT2D eigenvalue weighted by atomic mass is 9.53. The molecule has 9 heteroatoms. The molecule has 0 radical (unpaired) electrons. The molecule has 2 aliphatic carbocycles. The normalized spacial score (nSPS) is 27.5. The van der Waals surface area contributed by atoms with Crippen molar-refractivity contribution in [2.75, 3.05) is 0 Å². The van der Waals surface area contributed by atoms with E-state index in [-0.39, 0.29) is 32.5 Å². The Hall–Kier alpha value is -0.780. The lowest BCUT2D eigenvalue weighted by molar-refractivity contribution is 0.00517. The molecule has 0 saturated carbocycles. The van der Waals surface area contributed by atoms with Crippen LogP contribution in [0.5, 0.6) is 0 Å². The van der Waals surface area contributed by atoms with Gasteiger partial charge in [0.1, 0.15) is 5.60 Å². The molecule has 3 atom stereocenters. The fourth-order valence-corrected chi connectivity index (χ4v) is 8.34. The Balaban J connectivity index is 3.28. The highest BCUT2D eigenvalue weighted by Crippen LogP contribution is 2.67. The molecule has 0 aromatic rings. The van der Waals surface area contributed by atoms with Gasteiger partial charge in [0.15, 0.2) is 0 Å².